The first-order chi connectivity index (χ1) is 17.7. The Bertz CT molecular complexity index is 1550. The van der Waals surface area contributed by atoms with E-state index in [0.29, 0.717) is 28.6 Å². The molecular formula is C26H26FN7O3. The lowest BCUT2D eigenvalue weighted by Gasteiger charge is -2.17. The SMILES string of the molecule is C=CC(=O)N1C[C@@H](n2nc(C#Cc3cc4ncn(C5CC5)c4cc3F)c(C(N)=O)c2NC)C/C1=C(\C)O. The predicted octanol–water partition coefficient (Wildman–Crippen LogP) is 3.00. The number of benzene rings is 1. The highest BCUT2D eigenvalue weighted by Crippen LogP contribution is 2.38. The molecule has 3 aromatic rings. The molecular weight excluding hydrogens is 477 g/mol. The van der Waals surface area contributed by atoms with Crippen molar-refractivity contribution in [2.24, 2.45) is 5.73 Å². The standard InChI is InChI=1S/C26H26FN7O3/c1-4-23(36)32-12-17(10-21(32)14(2)35)34-26(29-3)24(25(28)37)19(31-34)8-5-15-9-20-22(11-18(15)27)33(13-30-20)16-6-7-16/h4,9,11,13,16-17,29,35H,1,6-7,10,12H2,2-3H3,(H2,28,37)/b21-14-/t17-/m0/s1. The molecule has 10 nitrogen and oxygen atoms in total. The average molecular weight is 504 g/mol. The third kappa shape index (κ3) is 4.20. The van der Waals surface area contributed by atoms with Gasteiger partial charge in [0.05, 0.1) is 34.7 Å². The molecule has 190 valence electrons. The van der Waals surface area contributed by atoms with Crippen molar-refractivity contribution in [3.8, 4) is 11.8 Å². The molecule has 11 heteroatoms. The Kier molecular flexibility index (Phi) is 5.95. The lowest BCUT2D eigenvalue weighted by Crippen LogP contribution is -2.27. The fourth-order valence-corrected chi connectivity index (χ4v) is 4.73. The number of likely N-dealkylation sites (tertiary alicyclic amines) is 1. The molecule has 1 aromatic carbocycles. The van der Waals surface area contributed by atoms with Gasteiger partial charge in [-0.2, -0.15) is 5.10 Å². The van der Waals surface area contributed by atoms with E-state index >= 15 is 0 Å². The second-order valence-corrected chi connectivity index (χ2v) is 9.13. The van der Waals surface area contributed by atoms with Crippen molar-refractivity contribution in [3.05, 3.63) is 65.2 Å². The first kappa shape index (κ1) is 24.1. The van der Waals surface area contributed by atoms with Crippen LogP contribution in [0.4, 0.5) is 10.2 Å². The Morgan fingerprint density at radius 2 is 2.05 bits per heavy atom. The summed E-state index contributed by atoms with van der Waals surface area (Å²) < 4.78 is 18.4. The summed E-state index contributed by atoms with van der Waals surface area (Å²) in [6.45, 7) is 5.20. The number of aliphatic hydroxyl groups excluding tert-OH is 1. The number of anilines is 1. The zero-order valence-electron chi connectivity index (χ0n) is 20.5. The van der Waals surface area contributed by atoms with E-state index in [1.54, 1.807) is 19.4 Å². The molecule has 5 rings (SSSR count). The zero-order valence-corrected chi connectivity index (χ0v) is 20.5. The van der Waals surface area contributed by atoms with Gasteiger partial charge in [-0.1, -0.05) is 12.5 Å². The van der Waals surface area contributed by atoms with Gasteiger partial charge in [0.25, 0.3) is 5.91 Å². The average Bonchev–Trinajstić information content (AvgIpc) is 3.31. The Labute approximate surface area is 212 Å². The van der Waals surface area contributed by atoms with Crippen LogP contribution in [0.1, 0.15) is 59.9 Å². The van der Waals surface area contributed by atoms with Crippen LogP contribution in [0.2, 0.25) is 0 Å². The number of rotatable bonds is 5. The number of hydrogen-bond donors (Lipinski definition) is 3. The quantitative estimate of drug-likeness (QED) is 0.279. The number of carbonyl (C=O) groups excluding carboxylic acids is 2. The van der Waals surface area contributed by atoms with Crippen LogP contribution in [0, 0.1) is 17.7 Å². The minimum Gasteiger partial charge on any atom is -0.511 e. The van der Waals surface area contributed by atoms with Crippen LogP contribution < -0.4 is 11.1 Å². The van der Waals surface area contributed by atoms with Crippen molar-refractivity contribution < 1.29 is 19.1 Å². The van der Waals surface area contributed by atoms with E-state index in [1.165, 1.54) is 22.6 Å². The van der Waals surface area contributed by atoms with Crippen LogP contribution in [0.5, 0.6) is 0 Å². The minimum atomic E-state index is -0.759. The summed E-state index contributed by atoms with van der Waals surface area (Å²) in [5.74, 6) is 4.26. The molecule has 4 N–H and O–H groups in total. The molecule has 2 aromatic heterocycles. The van der Waals surface area contributed by atoms with Gasteiger partial charge in [0.1, 0.15) is 23.0 Å². The van der Waals surface area contributed by atoms with Gasteiger partial charge in [0, 0.05) is 32.1 Å². The van der Waals surface area contributed by atoms with E-state index < -0.39 is 17.8 Å². The molecule has 1 aliphatic carbocycles. The number of imidazole rings is 1. The maximum Gasteiger partial charge on any atom is 0.255 e. The zero-order chi connectivity index (χ0) is 26.4. The van der Waals surface area contributed by atoms with Crippen LogP contribution in [-0.2, 0) is 4.79 Å². The maximum absolute atomic E-state index is 14.9. The number of allylic oxidation sites excluding steroid dienone is 2. The lowest BCUT2D eigenvalue weighted by molar-refractivity contribution is -0.123. The normalized spacial score (nSPS) is 18.5. The molecule has 1 saturated carbocycles. The summed E-state index contributed by atoms with van der Waals surface area (Å²) in [6, 6.07) is 2.94. The molecule has 0 spiro atoms. The van der Waals surface area contributed by atoms with Gasteiger partial charge >= 0.3 is 0 Å². The number of aromatic nitrogens is 4. The number of fused-ring (bicyclic) bond motifs is 1. The number of nitrogens with two attached hydrogens (primary N) is 1. The molecule has 0 bridgehead atoms. The summed E-state index contributed by atoms with van der Waals surface area (Å²) in [7, 11) is 1.61. The number of primary amides is 1. The van der Waals surface area contributed by atoms with Gasteiger partial charge < -0.3 is 25.6 Å². The highest BCUT2D eigenvalue weighted by atomic mass is 19.1. The van der Waals surface area contributed by atoms with E-state index in [1.807, 2.05) is 4.57 Å². The molecule has 1 atom stereocenters. The third-order valence-corrected chi connectivity index (χ3v) is 6.67. The second kappa shape index (κ2) is 9.13. The first-order valence-corrected chi connectivity index (χ1v) is 11.8. The minimum absolute atomic E-state index is 0.000925. The molecule has 3 heterocycles. The summed E-state index contributed by atoms with van der Waals surface area (Å²) in [5, 5.41) is 17.6. The largest absolute Gasteiger partial charge is 0.511 e. The van der Waals surface area contributed by atoms with Gasteiger partial charge in [-0.25, -0.2) is 14.1 Å². The molecule has 1 aliphatic heterocycles. The Morgan fingerprint density at radius 3 is 2.68 bits per heavy atom. The number of halogens is 1. The summed E-state index contributed by atoms with van der Waals surface area (Å²) in [4.78, 5) is 30.5. The van der Waals surface area contributed by atoms with Crippen molar-refractivity contribution in [2.75, 3.05) is 18.9 Å². The second-order valence-electron chi connectivity index (χ2n) is 9.13. The number of hydrogen-bond acceptors (Lipinski definition) is 6. The molecule has 2 fully saturated rings. The van der Waals surface area contributed by atoms with Gasteiger partial charge in [-0.3, -0.25) is 9.59 Å². The molecule has 2 amide bonds. The molecule has 0 radical (unpaired) electrons. The number of nitrogens with one attached hydrogen (secondary N) is 1. The van der Waals surface area contributed by atoms with E-state index in [0.717, 1.165) is 18.9 Å². The van der Waals surface area contributed by atoms with E-state index in [-0.39, 0.29) is 41.5 Å². The van der Waals surface area contributed by atoms with Crippen molar-refractivity contribution in [1.29, 1.82) is 0 Å². The number of amides is 2. The highest BCUT2D eigenvalue weighted by Gasteiger charge is 2.36. The van der Waals surface area contributed by atoms with Crippen molar-refractivity contribution >= 4 is 28.7 Å². The summed E-state index contributed by atoms with van der Waals surface area (Å²) in [6.07, 6.45) is 5.26. The van der Waals surface area contributed by atoms with Gasteiger partial charge in [0.2, 0.25) is 5.91 Å². The van der Waals surface area contributed by atoms with E-state index in [2.05, 4.69) is 33.8 Å². The molecule has 2 aliphatic rings. The number of carbonyl (C=O) groups is 2. The number of aliphatic hydroxyl groups is 1. The fraction of sp³-hybridized carbons (Fsp3) is 0.308. The molecule has 0 unspecified atom stereocenters. The first-order valence-electron chi connectivity index (χ1n) is 11.8. The monoisotopic (exact) mass is 503 g/mol. The van der Waals surface area contributed by atoms with Crippen LogP contribution in [-0.4, -0.2) is 54.7 Å². The summed E-state index contributed by atoms with van der Waals surface area (Å²) in [5.41, 5.74) is 7.69. The van der Waals surface area contributed by atoms with Crippen LogP contribution in [0.3, 0.4) is 0 Å². The van der Waals surface area contributed by atoms with E-state index in [4.69, 9.17) is 5.73 Å². The van der Waals surface area contributed by atoms with Crippen molar-refractivity contribution in [1.82, 2.24) is 24.2 Å². The van der Waals surface area contributed by atoms with Crippen LogP contribution in [0.15, 0.2) is 42.6 Å². The topological polar surface area (TPSA) is 131 Å². The van der Waals surface area contributed by atoms with Crippen molar-refractivity contribution in [3.63, 3.8) is 0 Å². The Hall–Kier alpha value is -4.59. The highest BCUT2D eigenvalue weighted by molar-refractivity contribution is 6.00. The van der Waals surface area contributed by atoms with Crippen LogP contribution >= 0.6 is 0 Å². The third-order valence-electron chi connectivity index (χ3n) is 6.67. The summed E-state index contributed by atoms with van der Waals surface area (Å²) >= 11 is 0. The number of nitrogens with zero attached hydrogens (tertiary/aromatic N) is 5. The maximum atomic E-state index is 14.9. The van der Waals surface area contributed by atoms with E-state index in [9.17, 15) is 19.1 Å². The van der Waals surface area contributed by atoms with Crippen LogP contribution in [0.25, 0.3) is 11.0 Å². The Morgan fingerprint density at radius 1 is 1.30 bits per heavy atom. The predicted molar refractivity (Wildman–Crippen MR) is 135 cm³/mol. The van der Waals surface area contributed by atoms with Gasteiger partial charge in [0.15, 0.2) is 5.69 Å². The molecule has 37 heavy (non-hydrogen) atoms. The lowest BCUT2D eigenvalue weighted by atomic mass is 10.1. The Balaban J connectivity index is 1.55. The van der Waals surface area contributed by atoms with Crippen molar-refractivity contribution in [2.45, 2.75) is 38.3 Å². The smallest absolute Gasteiger partial charge is 0.255 e. The molecule has 1 saturated heterocycles. The van der Waals surface area contributed by atoms with Gasteiger partial charge in [-0.15, -0.1) is 0 Å². The van der Waals surface area contributed by atoms with Gasteiger partial charge in [-0.05, 0) is 37.8 Å². The fourth-order valence-electron chi connectivity index (χ4n) is 4.73.